The van der Waals surface area contributed by atoms with Crippen molar-refractivity contribution < 1.29 is 19.4 Å². The first-order valence-electron chi connectivity index (χ1n) is 12.1. The van der Waals surface area contributed by atoms with Crippen molar-refractivity contribution >= 4 is 17.4 Å². The average Bonchev–Trinajstić information content (AvgIpc) is 3.45. The Morgan fingerprint density at radius 3 is 2.32 bits per heavy atom. The number of halogens is 1. The van der Waals surface area contributed by atoms with Gasteiger partial charge >= 0.3 is 0 Å². The van der Waals surface area contributed by atoms with Crippen LogP contribution < -0.4 is 5.32 Å². The number of benzene rings is 3. The summed E-state index contributed by atoms with van der Waals surface area (Å²) in [7, 11) is 0. The molecule has 0 aliphatic carbocycles. The summed E-state index contributed by atoms with van der Waals surface area (Å²) in [5.41, 5.74) is 3.16. The van der Waals surface area contributed by atoms with Gasteiger partial charge in [-0.25, -0.2) is 9.07 Å². The summed E-state index contributed by atoms with van der Waals surface area (Å²) in [5.74, 6) is -0.787. The van der Waals surface area contributed by atoms with Gasteiger partial charge < -0.3 is 20.4 Å². The number of aryl methyl sites for hydroxylation is 1. The topological polar surface area (TPSA) is 90.6 Å². The second kappa shape index (κ2) is 8.96. The molecule has 1 amide bonds. The molecular formula is C29H29FN4O3. The number of nitrogens with zero attached hydrogens (tertiary/aromatic N) is 3. The summed E-state index contributed by atoms with van der Waals surface area (Å²) in [4.78, 5) is 15.3. The Balaban J connectivity index is 1.56. The minimum Gasteiger partial charge on any atom is -0.508 e. The van der Waals surface area contributed by atoms with Gasteiger partial charge in [0.25, 0.3) is 5.91 Å². The van der Waals surface area contributed by atoms with E-state index in [9.17, 15) is 19.4 Å². The van der Waals surface area contributed by atoms with E-state index < -0.39 is 5.54 Å². The molecule has 4 aromatic rings. The van der Waals surface area contributed by atoms with Crippen molar-refractivity contribution in [1.82, 2.24) is 14.7 Å². The Kier molecular flexibility index (Phi) is 5.90. The number of aromatic nitrogens is 2. The third-order valence-corrected chi connectivity index (χ3v) is 6.52. The normalized spacial score (nSPS) is 13.1. The number of carbonyl (C=O) groups is 1. The van der Waals surface area contributed by atoms with Crippen molar-refractivity contribution in [2.24, 2.45) is 0 Å². The van der Waals surface area contributed by atoms with E-state index in [0.29, 0.717) is 35.7 Å². The molecule has 0 atom stereocenters. The molecule has 3 aromatic carbocycles. The molecular weight excluding hydrogens is 471 g/mol. The van der Waals surface area contributed by atoms with Crippen LogP contribution in [0.4, 0.5) is 15.9 Å². The second-order valence-electron chi connectivity index (χ2n) is 10.4. The van der Waals surface area contributed by atoms with E-state index in [1.165, 1.54) is 6.07 Å². The quantitative estimate of drug-likeness (QED) is 0.317. The van der Waals surface area contributed by atoms with Crippen LogP contribution in [0.1, 0.15) is 47.8 Å². The summed E-state index contributed by atoms with van der Waals surface area (Å²) in [6.07, 6.45) is 0. The van der Waals surface area contributed by atoms with E-state index in [1.807, 2.05) is 45.0 Å². The van der Waals surface area contributed by atoms with Crippen LogP contribution >= 0.6 is 0 Å². The third-order valence-electron chi connectivity index (χ3n) is 6.52. The lowest BCUT2D eigenvalue weighted by Gasteiger charge is -2.24. The maximum Gasteiger partial charge on any atom is 0.260 e. The zero-order valence-electron chi connectivity index (χ0n) is 21.2. The van der Waals surface area contributed by atoms with Crippen LogP contribution in [0, 0.1) is 12.7 Å². The summed E-state index contributed by atoms with van der Waals surface area (Å²) >= 11 is 0. The highest BCUT2D eigenvalue weighted by atomic mass is 19.1. The van der Waals surface area contributed by atoms with Gasteiger partial charge in [-0.15, -0.1) is 0 Å². The highest BCUT2D eigenvalue weighted by Gasteiger charge is 2.29. The van der Waals surface area contributed by atoms with Gasteiger partial charge in [0.2, 0.25) is 0 Å². The smallest absolute Gasteiger partial charge is 0.260 e. The summed E-state index contributed by atoms with van der Waals surface area (Å²) in [6, 6.07) is 17.2. The number of rotatable bonds is 4. The van der Waals surface area contributed by atoms with Crippen LogP contribution in [0.3, 0.4) is 0 Å². The van der Waals surface area contributed by atoms with Crippen molar-refractivity contribution in [3.63, 3.8) is 0 Å². The van der Waals surface area contributed by atoms with E-state index >= 15 is 0 Å². The maximum absolute atomic E-state index is 14.9. The standard InChI is InChI=1S/C29H29FN4O3/c1-17-8-7-11-21(27(17)30)22-14-25(34(32-22)29(2,3)4)31-23-12-20(35)13-24(36)26(23)28(37)33-15-18-9-5-6-10-19(18)16-33/h5-14,31,35-36H,15-16H2,1-4H3. The van der Waals surface area contributed by atoms with Gasteiger partial charge in [0, 0.05) is 36.9 Å². The molecule has 37 heavy (non-hydrogen) atoms. The number of anilines is 2. The number of carbonyl (C=O) groups excluding carboxylic acids is 1. The molecule has 190 valence electrons. The highest BCUT2D eigenvalue weighted by Crippen LogP contribution is 2.38. The van der Waals surface area contributed by atoms with E-state index in [4.69, 9.17) is 0 Å². The number of nitrogens with one attached hydrogen (secondary N) is 1. The maximum atomic E-state index is 14.9. The Bertz CT molecular complexity index is 1500. The van der Waals surface area contributed by atoms with Gasteiger partial charge in [0.1, 0.15) is 28.7 Å². The number of fused-ring (bicyclic) bond motifs is 1. The Morgan fingerprint density at radius 2 is 1.68 bits per heavy atom. The lowest BCUT2D eigenvalue weighted by Crippen LogP contribution is -2.27. The van der Waals surface area contributed by atoms with Gasteiger partial charge in [-0.2, -0.15) is 5.10 Å². The largest absolute Gasteiger partial charge is 0.508 e. The van der Waals surface area contributed by atoms with Gasteiger partial charge in [0.15, 0.2) is 0 Å². The van der Waals surface area contributed by atoms with Crippen molar-refractivity contribution in [3.05, 3.63) is 88.7 Å². The van der Waals surface area contributed by atoms with Crippen molar-refractivity contribution in [3.8, 4) is 22.8 Å². The minimum atomic E-state index is -0.499. The fraction of sp³-hybridized carbons (Fsp3) is 0.241. The fourth-order valence-corrected chi connectivity index (χ4v) is 4.67. The first-order valence-corrected chi connectivity index (χ1v) is 12.1. The van der Waals surface area contributed by atoms with E-state index in [1.54, 1.807) is 40.8 Å². The molecule has 1 aliphatic rings. The molecule has 5 rings (SSSR count). The molecule has 7 nitrogen and oxygen atoms in total. The molecule has 0 saturated heterocycles. The number of hydrogen-bond acceptors (Lipinski definition) is 5. The third kappa shape index (κ3) is 4.50. The van der Waals surface area contributed by atoms with Crippen LogP contribution in [0.2, 0.25) is 0 Å². The van der Waals surface area contributed by atoms with Crippen molar-refractivity contribution in [2.45, 2.75) is 46.3 Å². The Hall–Kier alpha value is -4.33. The summed E-state index contributed by atoms with van der Waals surface area (Å²) in [5, 5.41) is 28.9. The van der Waals surface area contributed by atoms with Gasteiger partial charge in [0.05, 0.1) is 16.9 Å². The first-order chi connectivity index (χ1) is 17.5. The number of phenols is 2. The van der Waals surface area contributed by atoms with Crippen molar-refractivity contribution in [2.75, 3.05) is 5.32 Å². The predicted molar refractivity (Wildman–Crippen MR) is 140 cm³/mol. The first kappa shape index (κ1) is 24.4. The molecule has 0 bridgehead atoms. The van der Waals surface area contributed by atoms with Gasteiger partial charge in [-0.05, 0) is 50.5 Å². The molecule has 1 aliphatic heterocycles. The molecule has 0 saturated carbocycles. The summed E-state index contributed by atoms with van der Waals surface area (Å²) in [6.45, 7) is 8.40. The number of hydrogen-bond donors (Lipinski definition) is 3. The summed E-state index contributed by atoms with van der Waals surface area (Å²) < 4.78 is 16.6. The van der Waals surface area contributed by atoms with Crippen molar-refractivity contribution in [1.29, 1.82) is 0 Å². The molecule has 2 heterocycles. The van der Waals surface area contributed by atoms with Crippen LogP contribution in [-0.4, -0.2) is 30.8 Å². The molecule has 3 N–H and O–H groups in total. The molecule has 1 aromatic heterocycles. The lowest BCUT2D eigenvalue weighted by atomic mass is 10.1. The zero-order chi connectivity index (χ0) is 26.5. The number of amides is 1. The molecule has 0 spiro atoms. The van der Waals surface area contributed by atoms with Gasteiger partial charge in [-0.3, -0.25) is 4.79 Å². The number of aromatic hydroxyl groups is 2. The molecule has 8 heteroatoms. The van der Waals surface area contributed by atoms with E-state index in [0.717, 1.165) is 17.2 Å². The monoisotopic (exact) mass is 500 g/mol. The van der Waals surface area contributed by atoms with Crippen LogP contribution in [0.25, 0.3) is 11.3 Å². The van der Waals surface area contributed by atoms with E-state index in [-0.39, 0.29) is 34.5 Å². The SMILES string of the molecule is Cc1cccc(-c2cc(Nc3cc(O)cc(O)c3C(=O)N3Cc4ccccc4C3)n(C(C)(C)C)n2)c1F. The average molecular weight is 501 g/mol. The molecule has 0 fully saturated rings. The fourth-order valence-electron chi connectivity index (χ4n) is 4.67. The Labute approximate surface area is 214 Å². The van der Waals surface area contributed by atoms with Crippen LogP contribution in [0.15, 0.2) is 60.7 Å². The predicted octanol–water partition coefficient (Wildman–Crippen LogP) is 6.06. The molecule has 0 radical (unpaired) electrons. The van der Waals surface area contributed by atoms with Gasteiger partial charge in [-0.1, -0.05) is 36.4 Å². The van der Waals surface area contributed by atoms with Crippen LogP contribution in [-0.2, 0) is 18.6 Å². The van der Waals surface area contributed by atoms with E-state index in [2.05, 4.69) is 10.4 Å². The number of phenolic OH excluding ortho intramolecular Hbond substituents is 2. The lowest BCUT2D eigenvalue weighted by molar-refractivity contribution is 0.0749. The Morgan fingerprint density at radius 1 is 1.00 bits per heavy atom. The second-order valence-corrected chi connectivity index (χ2v) is 10.4. The zero-order valence-corrected chi connectivity index (χ0v) is 21.2. The molecule has 0 unspecified atom stereocenters. The minimum absolute atomic E-state index is 0.0375. The van der Waals surface area contributed by atoms with Crippen LogP contribution in [0.5, 0.6) is 11.5 Å². The highest BCUT2D eigenvalue weighted by molar-refractivity contribution is 6.03.